The van der Waals surface area contributed by atoms with Crippen LogP contribution in [0.2, 0.25) is 0 Å². The van der Waals surface area contributed by atoms with Gasteiger partial charge in [0, 0.05) is 11.3 Å². The van der Waals surface area contributed by atoms with Crippen LogP contribution in [0.3, 0.4) is 0 Å². The van der Waals surface area contributed by atoms with Crippen LogP contribution < -0.4 is 10.0 Å². The van der Waals surface area contributed by atoms with Crippen molar-refractivity contribution in [1.82, 2.24) is 20.1 Å². The summed E-state index contributed by atoms with van der Waals surface area (Å²) in [5, 5.41) is 7.03. The maximum absolute atomic E-state index is 12.8. The quantitative estimate of drug-likeness (QED) is 0.451. The Labute approximate surface area is 186 Å². The normalized spacial score (nSPS) is 12.2. The molecular formula is C23H21N5O3S. The van der Waals surface area contributed by atoms with Gasteiger partial charge in [-0.3, -0.25) is 9.52 Å². The summed E-state index contributed by atoms with van der Waals surface area (Å²) in [6.45, 7) is 1.88. The van der Waals surface area contributed by atoms with E-state index in [1.807, 2.05) is 31.2 Å². The largest absolute Gasteiger partial charge is 0.346 e. The van der Waals surface area contributed by atoms with E-state index in [1.54, 1.807) is 47.4 Å². The Balaban J connectivity index is 1.44. The molecular weight excluding hydrogens is 426 g/mol. The lowest BCUT2D eigenvalue weighted by Gasteiger charge is -2.15. The molecule has 9 heteroatoms. The number of rotatable bonds is 7. The fraction of sp³-hybridized carbons (Fsp3) is 0.0870. The van der Waals surface area contributed by atoms with E-state index in [0.29, 0.717) is 11.3 Å². The number of anilines is 1. The van der Waals surface area contributed by atoms with Crippen LogP contribution >= 0.6 is 0 Å². The summed E-state index contributed by atoms with van der Waals surface area (Å²) in [5.41, 5.74) is 2.45. The molecule has 0 aliphatic heterocycles. The summed E-state index contributed by atoms with van der Waals surface area (Å²) in [7, 11) is -3.74. The topological polar surface area (TPSA) is 106 Å². The van der Waals surface area contributed by atoms with Crippen molar-refractivity contribution in [2.45, 2.75) is 17.9 Å². The van der Waals surface area contributed by atoms with E-state index in [2.05, 4.69) is 20.1 Å². The molecule has 4 aromatic rings. The van der Waals surface area contributed by atoms with E-state index >= 15 is 0 Å². The number of carbonyl (C=O) groups is 1. The molecule has 0 radical (unpaired) electrons. The fourth-order valence-corrected chi connectivity index (χ4v) is 4.23. The second kappa shape index (κ2) is 9.03. The molecule has 0 spiro atoms. The van der Waals surface area contributed by atoms with E-state index < -0.39 is 10.0 Å². The van der Waals surface area contributed by atoms with Gasteiger partial charge in [0.1, 0.15) is 12.7 Å². The van der Waals surface area contributed by atoms with Crippen molar-refractivity contribution in [3.63, 3.8) is 0 Å². The van der Waals surface area contributed by atoms with Gasteiger partial charge >= 0.3 is 0 Å². The average Bonchev–Trinajstić information content (AvgIpc) is 3.35. The number of carbonyl (C=O) groups excluding carboxylic acids is 1. The maximum atomic E-state index is 12.8. The van der Waals surface area contributed by atoms with Crippen LogP contribution in [0.1, 0.15) is 28.9 Å². The summed E-state index contributed by atoms with van der Waals surface area (Å²) in [5.74, 6) is -0.307. The predicted molar refractivity (Wildman–Crippen MR) is 121 cm³/mol. The minimum atomic E-state index is -3.74. The highest BCUT2D eigenvalue weighted by atomic mass is 32.2. The first-order valence-electron chi connectivity index (χ1n) is 9.86. The Kier molecular flexibility index (Phi) is 6.00. The van der Waals surface area contributed by atoms with E-state index in [0.717, 1.165) is 11.3 Å². The van der Waals surface area contributed by atoms with Gasteiger partial charge in [0.25, 0.3) is 15.9 Å². The van der Waals surface area contributed by atoms with Crippen LogP contribution in [0, 0.1) is 0 Å². The number of hydrogen-bond acceptors (Lipinski definition) is 5. The Hall–Kier alpha value is -3.98. The first-order chi connectivity index (χ1) is 15.4. The van der Waals surface area contributed by atoms with Crippen molar-refractivity contribution in [2.75, 3.05) is 4.72 Å². The highest BCUT2D eigenvalue weighted by Crippen LogP contribution is 2.19. The number of amides is 1. The third-order valence-electron chi connectivity index (χ3n) is 4.85. The van der Waals surface area contributed by atoms with Crippen molar-refractivity contribution >= 4 is 21.6 Å². The van der Waals surface area contributed by atoms with Gasteiger partial charge in [-0.15, -0.1) is 0 Å². The number of nitrogens with one attached hydrogen (secondary N) is 2. The van der Waals surface area contributed by atoms with Gasteiger partial charge in [0.05, 0.1) is 16.6 Å². The zero-order valence-electron chi connectivity index (χ0n) is 17.2. The molecule has 0 unspecified atom stereocenters. The van der Waals surface area contributed by atoms with E-state index in [4.69, 9.17) is 0 Å². The number of aromatic nitrogens is 3. The van der Waals surface area contributed by atoms with Gasteiger partial charge in [-0.05, 0) is 55.0 Å². The van der Waals surface area contributed by atoms with Crippen LogP contribution in [-0.4, -0.2) is 29.1 Å². The second-order valence-electron chi connectivity index (χ2n) is 7.13. The molecule has 1 aromatic heterocycles. The molecule has 162 valence electrons. The molecule has 0 aliphatic rings. The molecule has 0 saturated heterocycles. The minimum absolute atomic E-state index is 0.151. The molecule has 0 fully saturated rings. The third-order valence-corrected chi connectivity index (χ3v) is 6.25. The van der Waals surface area contributed by atoms with E-state index in [1.165, 1.54) is 24.5 Å². The molecule has 1 amide bonds. The lowest BCUT2D eigenvalue weighted by Crippen LogP contribution is -2.26. The van der Waals surface area contributed by atoms with Crippen LogP contribution in [0.25, 0.3) is 5.69 Å². The fourth-order valence-electron chi connectivity index (χ4n) is 3.16. The SMILES string of the molecule is C[C@@H](NC(=O)c1cccc(NS(=O)(=O)c2ccccc2)c1)c1ccc(-n2cncn2)cc1. The van der Waals surface area contributed by atoms with Crippen LogP contribution in [0.5, 0.6) is 0 Å². The minimum Gasteiger partial charge on any atom is -0.346 e. The Morgan fingerprint density at radius 3 is 2.41 bits per heavy atom. The van der Waals surface area contributed by atoms with Crippen LogP contribution in [-0.2, 0) is 10.0 Å². The molecule has 8 nitrogen and oxygen atoms in total. The van der Waals surface area contributed by atoms with Crippen molar-refractivity contribution in [3.05, 3.63) is 103 Å². The first kappa shape index (κ1) is 21.3. The molecule has 0 bridgehead atoms. The van der Waals surface area contributed by atoms with Gasteiger partial charge in [-0.25, -0.2) is 18.1 Å². The highest BCUT2D eigenvalue weighted by Gasteiger charge is 2.16. The molecule has 0 aliphatic carbocycles. The Bertz CT molecular complexity index is 1310. The molecule has 3 aromatic carbocycles. The monoisotopic (exact) mass is 447 g/mol. The van der Waals surface area contributed by atoms with Crippen molar-refractivity contribution < 1.29 is 13.2 Å². The van der Waals surface area contributed by atoms with Gasteiger partial charge in [-0.1, -0.05) is 36.4 Å². The number of sulfonamides is 1. The zero-order valence-corrected chi connectivity index (χ0v) is 18.0. The van der Waals surface area contributed by atoms with E-state index in [-0.39, 0.29) is 16.8 Å². The lowest BCUT2D eigenvalue weighted by molar-refractivity contribution is 0.0940. The molecule has 2 N–H and O–H groups in total. The van der Waals surface area contributed by atoms with Crippen molar-refractivity contribution in [3.8, 4) is 5.69 Å². The summed E-state index contributed by atoms with van der Waals surface area (Å²) in [6.07, 6.45) is 3.07. The van der Waals surface area contributed by atoms with Crippen molar-refractivity contribution in [2.24, 2.45) is 0 Å². The molecule has 1 atom stereocenters. The predicted octanol–water partition coefficient (Wildman–Crippen LogP) is 3.56. The first-order valence-corrected chi connectivity index (χ1v) is 11.3. The lowest BCUT2D eigenvalue weighted by atomic mass is 10.1. The summed E-state index contributed by atoms with van der Waals surface area (Å²) < 4.78 is 29.2. The summed E-state index contributed by atoms with van der Waals surface area (Å²) in [4.78, 5) is 16.8. The van der Waals surface area contributed by atoms with E-state index in [9.17, 15) is 13.2 Å². The second-order valence-corrected chi connectivity index (χ2v) is 8.81. The summed E-state index contributed by atoms with van der Waals surface area (Å²) >= 11 is 0. The van der Waals surface area contributed by atoms with Gasteiger partial charge < -0.3 is 5.32 Å². The Morgan fingerprint density at radius 2 is 1.72 bits per heavy atom. The molecule has 1 heterocycles. The number of nitrogens with zero attached hydrogens (tertiary/aromatic N) is 3. The summed E-state index contributed by atoms with van der Waals surface area (Å²) in [6, 6.07) is 21.8. The third kappa shape index (κ3) is 4.84. The smallest absolute Gasteiger partial charge is 0.261 e. The highest BCUT2D eigenvalue weighted by molar-refractivity contribution is 7.92. The molecule has 4 rings (SSSR count). The average molecular weight is 448 g/mol. The number of benzene rings is 3. The zero-order chi connectivity index (χ0) is 22.6. The van der Waals surface area contributed by atoms with Crippen LogP contribution in [0.15, 0.2) is 96.4 Å². The van der Waals surface area contributed by atoms with Crippen LogP contribution in [0.4, 0.5) is 5.69 Å². The van der Waals surface area contributed by atoms with Gasteiger partial charge in [0.15, 0.2) is 0 Å². The number of hydrogen-bond donors (Lipinski definition) is 2. The molecule has 32 heavy (non-hydrogen) atoms. The molecule has 0 saturated carbocycles. The van der Waals surface area contributed by atoms with Gasteiger partial charge in [-0.2, -0.15) is 5.10 Å². The standard InChI is InChI=1S/C23H21N5O3S/c1-17(18-10-12-21(13-11-18)28-16-24-15-25-28)26-23(29)19-6-5-7-20(14-19)27-32(30,31)22-8-3-2-4-9-22/h2-17,27H,1H3,(H,26,29)/t17-/m1/s1. The van der Waals surface area contributed by atoms with Gasteiger partial charge in [0.2, 0.25) is 0 Å². The maximum Gasteiger partial charge on any atom is 0.261 e. The van der Waals surface area contributed by atoms with Crippen molar-refractivity contribution in [1.29, 1.82) is 0 Å². The Morgan fingerprint density at radius 1 is 0.969 bits per heavy atom.